The summed E-state index contributed by atoms with van der Waals surface area (Å²) in [7, 11) is 0. The van der Waals surface area contributed by atoms with Gasteiger partial charge in [0.05, 0.1) is 5.41 Å². The van der Waals surface area contributed by atoms with Crippen LogP contribution in [0.25, 0.3) is 11.1 Å². The quantitative estimate of drug-likeness (QED) is 0.407. The van der Waals surface area contributed by atoms with Gasteiger partial charge >= 0.3 is 11.9 Å². The highest BCUT2D eigenvalue weighted by atomic mass is 16.5. The number of hydrogen-bond acceptors (Lipinski definition) is 4. The molecule has 4 nitrogen and oxygen atoms in total. The fourth-order valence-electron chi connectivity index (χ4n) is 2.30. The van der Waals surface area contributed by atoms with Gasteiger partial charge < -0.3 is 9.47 Å². The molecule has 0 fully saturated rings. The molecule has 0 aliphatic heterocycles. The van der Waals surface area contributed by atoms with E-state index in [4.69, 9.17) is 9.47 Å². The number of rotatable bonds is 5. The molecule has 0 aliphatic carbocycles. The lowest BCUT2D eigenvalue weighted by molar-refractivity contribution is -0.143. The van der Waals surface area contributed by atoms with Crippen LogP contribution < -0.4 is 9.47 Å². The molecule has 0 spiro atoms. The van der Waals surface area contributed by atoms with E-state index in [1.807, 2.05) is 52.0 Å². The zero-order chi connectivity index (χ0) is 20.2. The Hall–Kier alpha value is -2.88. The Balaban J connectivity index is 2.22. The lowest BCUT2D eigenvalue weighted by Crippen LogP contribution is -2.25. The predicted octanol–water partition coefficient (Wildman–Crippen LogP) is 5.35. The minimum absolute atomic E-state index is 0.271. The van der Waals surface area contributed by atoms with Gasteiger partial charge in [0, 0.05) is 5.57 Å². The first-order chi connectivity index (χ1) is 12.6. The van der Waals surface area contributed by atoms with Crippen molar-refractivity contribution in [2.45, 2.75) is 41.0 Å². The molecule has 0 heterocycles. The third-order valence-electron chi connectivity index (χ3n) is 4.00. The molecule has 142 valence electrons. The van der Waals surface area contributed by atoms with E-state index >= 15 is 0 Å². The van der Waals surface area contributed by atoms with Gasteiger partial charge in [-0.3, -0.25) is 4.79 Å². The number of benzene rings is 2. The minimum atomic E-state index is -0.550. The van der Waals surface area contributed by atoms with E-state index in [1.165, 1.54) is 0 Å². The fourth-order valence-corrected chi connectivity index (χ4v) is 2.30. The zero-order valence-corrected chi connectivity index (χ0v) is 16.6. The molecule has 0 saturated carbocycles. The van der Waals surface area contributed by atoms with Gasteiger partial charge in [0.15, 0.2) is 0 Å². The molecule has 27 heavy (non-hydrogen) atoms. The van der Waals surface area contributed by atoms with E-state index in [0.29, 0.717) is 17.1 Å². The van der Waals surface area contributed by atoms with Crippen molar-refractivity contribution < 1.29 is 19.1 Å². The van der Waals surface area contributed by atoms with Crippen LogP contribution in [0.4, 0.5) is 0 Å². The smallest absolute Gasteiger partial charge is 0.338 e. The summed E-state index contributed by atoms with van der Waals surface area (Å²) >= 11 is 0. The van der Waals surface area contributed by atoms with E-state index < -0.39 is 11.4 Å². The Morgan fingerprint density at radius 2 is 1.56 bits per heavy atom. The van der Waals surface area contributed by atoms with Gasteiger partial charge in [0.25, 0.3) is 0 Å². The second-order valence-electron chi connectivity index (χ2n) is 7.51. The lowest BCUT2D eigenvalue weighted by Gasteiger charge is -2.16. The number of ether oxygens (including phenoxy) is 2. The van der Waals surface area contributed by atoms with Crippen molar-refractivity contribution in [3.8, 4) is 22.6 Å². The summed E-state index contributed by atoms with van der Waals surface area (Å²) < 4.78 is 10.8. The summed E-state index contributed by atoms with van der Waals surface area (Å²) in [5.74, 6) is 0.362. The topological polar surface area (TPSA) is 52.6 Å². The summed E-state index contributed by atoms with van der Waals surface area (Å²) in [6.07, 6.45) is 0.730. The number of esters is 2. The average Bonchev–Trinajstić information content (AvgIpc) is 2.61. The molecule has 0 aromatic heterocycles. The van der Waals surface area contributed by atoms with Gasteiger partial charge in [-0.15, -0.1) is 0 Å². The van der Waals surface area contributed by atoms with Crippen molar-refractivity contribution >= 4 is 11.9 Å². The van der Waals surface area contributed by atoms with E-state index in [1.54, 1.807) is 25.1 Å². The van der Waals surface area contributed by atoms with Crippen molar-refractivity contribution in [1.29, 1.82) is 0 Å². The molecule has 2 aromatic rings. The van der Waals surface area contributed by atoms with Gasteiger partial charge in [-0.25, -0.2) is 4.79 Å². The normalized spacial score (nSPS) is 11.0. The van der Waals surface area contributed by atoms with Crippen LogP contribution in [0, 0.1) is 5.41 Å². The van der Waals surface area contributed by atoms with Gasteiger partial charge in [-0.1, -0.05) is 31.7 Å². The van der Waals surface area contributed by atoms with Crippen molar-refractivity contribution in [2.75, 3.05) is 0 Å². The average molecular weight is 366 g/mol. The highest BCUT2D eigenvalue weighted by molar-refractivity contribution is 5.89. The minimum Gasteiger partial charge on any atom is -0.426 e. The Bertz CT molecular complexity index is 855. The summed E-state index contributed by atoms with van der Waals surface area (Å²) in [4.78, 5) is 23.7. The van der Waals surface area contributed by atoms with Crippen LogP contribution in [0.2, 0.25) is 0 Å². The molecule has 0 saturated heterocycles. The number of aryl methyl sites for hydroxylation is 1. The van der Waals surface area contributed by atoms with Crippen LogP contribution in [-0.4, -0.2) is 11.9 Å². The van der Waals surface area contributed by atoms with Crippen molar-refractivity contribution in [3.63, 3.8) is 0 Å². The summed E-state index contributed by atoms with van der Waals surface area (Å²) in [5, 5.41) is 0. The van der Waals surface area contributed by atoms with Gasteiger partial charge in [-0.05, 0) is 75.1 Å². The van der Waals surface area contributed by atoms with Crippen LogP contribution in [-0.2, 0) is 16.0 Å². The monoisotopic (exact) mass is 366 g/mol. The maximum Gasteiger partial charge on any atom is 0.338 e. The first kappa shape index (κ1) is 20.4. The van der Waals surface area contributed by atoms with Crippen molar-refractivity contribution in [1.82, 2.24) is 0 Å². The number of carbonyl (C=O) groups excluding carboxylic acids is 2. The van der Waals surface area contributed by atoms with Crippen LogP contribution in [0.5, 0.6) is 11.5 Å². The van der Waals surface area contributed by atoms with Crippen LogP contribution in [0.3, 0.4) is 0 Å². The highest BCUT2D eigenvalue weighted by Gasteiger charge is 2.23. The van der Waals surface area contributed by atoms with Gasteiger partial charge in [0.2, 0.25) is 0 Å². The Morgan fingerprint density at radius 1 is 0.963 bits per heavy atom. The number of carbonyl (C=O) groups is 2. The molecule has 2 rings (SSSR count). The molecule has 0 N–H and O–H groups in total. The molecule has 0 unspecified atom stereocenters. The van der Waals surface area contributed by atoms with Gasteiger partial charge in [0.1, 0.15) is 11.5 Å². The maximum atomic E-state index is 12.0. The molecule has 2 aromatic carbocycles. The fraction of sp³-hybridized carbons (Fsp3) is 0.304. The molecule has 0 radical (unpaired) electrons. The molecular formula is C23H26O4. The highest BCUT2D eigenvalue weighted by Crippen LogP contribution is 2.29. The molecule has 0 atom stereocenters. The van der Waals surface area contributed by atoms with E-state index in [2.05, 4.69) is 6.58 Å². The van der Waals surface area contributed by atoms with Crippen molar-refractivity contribution in [3.05, 3.63) is 60.2 Å². The molecule has 0 bridgehead atoms. The zero-order valence-electron chi connectivity index (χ0n) is 16.6. The van der Waals surface area contributed by atoms with E-state index in [9.17, 15) is 9.59 Å². The summed E-state index contributed by atoms with van der Waals surface area (Å²) in [5.41, 5.74) is 2.73. The molecular weight excluding hydrogens is 340 g/mol. The second kappa shape index (κ2) is 8.21. The second-order valence-corrected chi connectivity index (χ2v) is 7.51. The number of hydrogen-bond donors (Lipinski definition) is 0. The van der Waals surface area contributed by atoms with Gasteiger partial charge in [-0.2, -0.15) is 0 Å². The van der Waals surface area contributed by atoms with E-state index in [-0.39, 0.29) is 5.97 Å². The molecule has 0 amide bonds. The van der Waals surface area contributed by atoms with Crippen LogP contribution in [0.15, 0.2) is 54.6 Å². The standard InChI is InChI=1S/C23H26O4/c1-7-16-14-18(10-13-20(16)27-21(24)15(2)3)17-8-11-19(12-9-17)26-22(25)23(4,5)6/h8-14H,2,7H2,1,3-6H3. The van der Waals surface area contributed by atoms with Crippen LogP contribution >= 0.6 is 0 Å². The Morgan fingerprint density at radius 3 is 2.07 bits per heavy atom. The Labute approximate surface area is 160 Å². The van der Waals surface area contributed by atoms with Crippen LogP contribution in [0.1, 0.15) is 40.2 Å². The van der Waals surface area contributed by atoms with Crippen molar-refractivity contribution in [2.24, 2.45) is 5.41 Å². The summed E-state index contributed by atoms with van der Waals surface area (Å²) in [6, 6.07) is 13.1. The summed E-state index contributed by atoms with van der Waals surface area (Å²) in [6.45, 7) is 12.7. The predicted molar refractivity (Wildman–Crippen MR) is 107 cm³/mol. The largest absolute Gasteiger partial charge is 0.426 e. The maximum absolute atomic E-state index is 12.0. The SMILES string of the molecule is C=C(C)C(=O)Oc1ccc(-c2ccc(OC(=O)C(C)(C)C)cc2)cc1CC. The lowest BCUT2D eigenvalue weighted by atomic mass is 9.97. The first-order valence-corrected chi connectivity index (χ1v) is 8.95. The molecule has 0 aliphatic rings. The third-order valence-corrected chi connectivity index (χ3v) is 4.00. The Kier molecular flexibility index (Phi) is 6.21. The third kappa shape index (κ3) is 5.30. The first-order valence-electron chi connectivity index (χ1n) is 8.95. The molecule has 4 heteroatoms. The van der Waals surface area contributed by atoms with E-state index in [0.717, 1.165) is 23.1 Å².